The number of rotatable bonds is 5. The molecule has 3 aliphatic rings. The first-order chi connectivity index (χ1) is 37.7. The van der Waals surface area contributed by atoms with E-state index in [9.17, 15) is 0 Å². The molecule has 0 fully saturated rings. The molecule has 76 heavy (non-hydrogen) atoms. The van der Waals surface area contributed by atoms with Gasteiger partial charge in [0.2, 0.25) is 0 Å². The second kappa shape index (κ2) is 15.4. The fourth-order valence-electron chi connectivity index (χ4n) is 14.8. The summed E-state index contributed by atoms with van der Waals surface area (Å²) in [4.78, 5) is 2.63. The van der Waals surface area contributed by atoms with Crippen LogP contribution < -0.4 is 4.90 Å². The van der Waals surface area contributed by atoms with Crippen molar-refractivity contribution < 1.29 is 0 Å². The summed E-state index contributed by atoms with van der Waals surface area (Å²) in [6.07, 6.45) is 0. The minimum Gasteiger partial charge on any atom is -0.309 e. The molecule has 0 N–H and O–H groups in total. The molecule has 17 rings (SSSR count). The number of anilines is 3. The van der Waals surface area contributed by atoms with Crippen molar-refractivity contribution in [3.63, 3.8) is 0 Å². The number of fused-ring (bicyclic) bond motifs is 20. The van der Waals surface area contributed by atoms with Gasteiger partial charge in [-0.15, -0.1) is 0 Å². The SMILES string of the molecule is c1ccc(C2(c3ccccc3)c3ccccc3-c3c2cc(N(c2ccc4c(c2)C2(c5ccccc5-4)c4ccccc4-n4c5ccccc5c5cccc2c54)c2cc4ccccc4c4ccccc24)c2ccccc32)cc1. The number of aromatic nitrogens is 1. The number of benzene rings is 13. The normalized spacial score (nSPS) is 15.3. The minimum absolute atomic E-state index is 0.614. The molecule has 1 unspecified atom stereocenters. The Bertz CT molecular complexity index is 4730. The minimum atomic E-state index is -0.628. The van der Waals surface area contributed by atoms with Crippen molar-refractivity contribution in [1.82, 2.24) is 4.57 Å². The molecule has 1 aromatic heterocycles. The van der Waals surface area contributed by atoms with Crippen molar-refractivity contribution in [2.75, 3.05) is 4.90 Å². The molecule has 2 heterocycles. The van der Waals surface area contributed by atoms with Crippen LogP contribution in [-0.4, -0.2) is 4.57 Å². The molecule has 0 amide bonds. The lowest BCUT2D eigenvalue weighted by Crippen LogP contribution is -2.33. The van der Waals surface area contributed by atoms with Gasteiger partial charge >= 0.3 is 0 Å². The Morgan fingerprint density at radius 3 is 1.58 bits per heavy atom. The maximum absolute atomic E-state index is 2.63. The highest BCUT2D eigenvalue weighted by atomic mass is 15.1. The molecular formula is C74H46N2. The van der Waals surface area contributed by atoms with Crippen molar-refractivity contribution in [1.29, 1.82) is 0 Å². The molecule has 1 spiro atoms. The van der Waals surface area contributed by atoms with E-state index in [0.717, 1.165) is 17.1 Å². The van der Waals surface area contributed by atoms with Crippen LogP contribution in [0.1, 0.15) is 44.5 Å². The predicted molar refractivity (Wildman–Crippen MR) is 316 cm³/mol. The van der Waals surface area contributed by atoms with Crippen LogP contribution in [-0.2, 0) is 10.8 Å². The Balaban J connectivity index is 1.03. The average molecular weight is 963 g/mol. The van der Waals surface area contributed by atoms with Crippen molar-refractivity contribution in [2.24, 2.45) is 0 Å². The number of para-hydroxylation sites is 3. The number of hydrogen-bond donors (Lipinski definition) is 0. The van der Waals surface area contributed by atoms with E-state index < -0.39 is 10.8 Å². The predicted octanol–water partition coefficient (Wildman–Crippen LogP) is 18.8. The van der Waals surface area contributed by atoms with Gasteiger partial charge in [0.1, 0.15) is 0 Å². The largest absolute Gasteiger partial charge is 0.309 e. The van der Waals surface area contributed by atoms with E-state index in [1.807, 2.05) is 0 Å². The third-order valence-corrected chi connectivity index (χ3v) is 17.6. The van der Waals surface area contributed by atoms with Gasteiger partial charge < -0.3 is 9.47 Å². The van der Waals surface area contributed by atoms with Gasteiger partial charge in [0, 0.05) is 27.2 Å². The lowest BCUT2D eigenvalue weighted by atomic mass is 9.65. The molecule has 2 nitrogen and oxygen atoms in total. The molecule has 0 saturated carbocycles. The van der Waals surface area contributed by atoms with Crippen LogP contribution in [0.15, 0.2) is 279 Å². The molecule has 2 heteroatoms. The van der Waals surface area contributed by atoms with Crippen LogP contribution in [0, 0.1) is 0 Å². The van der Waals surface area contributed by atoms with E-state index in [0.29, 0.717) is 0 Å². The maximum atomic E-state index is 2.63. The fraction of sp³-hybridized carbons (Fsp3) is 0.0270. The lowest BCUT2D eigenvalue weighted by molar-refractivity contribution is 0.748. The number of nitrogens with zero attached hydrogens (tertiary/aromatic N) is 2. The van der Waals surface area contributed by atoms with E-state index in [1.165, 1.54) is 127 Å². The summed E-state index contributed by atoms with van der Waals surface area (Å²) in [5, 5.41) is 9.85. The lowest BCUT2D eigenvalue weighted by Gasteiger charge is -2.40. The van der Waals surface area contributed by atoms with Gasteiger partial charge in [-0.05, 0) is 125 Å². The molecule has 1 aliphatic heterocycles. The molecule has 2 aliphatic carbocycles. The van der Waals surface area contributed by atoms with Gasteiger partial charge in [-0.3, -0.25) is 0 Å². The monoisotopic (exact) mass is 962 g/mol. The zero-order valence-corrected chi connectivity index (χ0v) is 41.5. The summed E-state index contributed by atoms with van der Waals surface area (Å²) in [7, 11) is 0. The second-order valence-electron chi connectivity index (χ2n) is 21.0. The first-order valence-electron chi connectivity index (χ1n) is 26.6. The summed E-state index contributed by atoms with van der Waals surface area (Å²) in [6.45, 7) is 0. The highest BCUT2D eigenvalue weighted by Crippen LogP contribution is 2.64. The van der Waals surface area contributed by atoms with Crippen LogP contribution in [0.3, 0.4) is 0 Å². The Morgan fingerprint density at radius 1 is 0.289 bits per heavy atom. The summed E-state index contributed by atoms with van der Waals surface area (Å²) in [5.74, 6) is 0. The van der Waals surface area contributed by atoms with Gasteiger partial charge in [-0.1, -0.05) is 243 Å². The van der Waals surface area contributed by atoms with E-state index in [-0.39, 0.29) is 0 Å². The van der Waals surface area contributed by atoms with Gasteiger partial charge in [0.25, 0.3) is 0 Å². The molecule has 0 bridgehead atoms. The molecule has 352 valence electrons. The number of hydrogen-bond acceptors (Lipinski definition) is 1. The van der Waals surface area contributed by atoms with E-state index >= 15 is 0 Å². The Morgan fingerprint density at radius 2 is 0.816 bits per heavy atom. The summed E-state index contributed by atoms with van der Waals surface area (Å²) < 4.78 is 2.54. The highest BCUT2D eigenvalue weighted by molar-refractivity contribution is 6.18. The maximum Gasteiger partial charge on any atom is 0.0755 e. The van der Waals surface area contributed by atoms with Gasteiger partial charge in [0.05, 0.1) is 38.9 Å². The molecule has 0 saturated heterocycles. The molecule has 1 atom stereocenters. The molecular weight excluding hydrogens is 917 g/mol. The van der Waals surface area contributed by atoms with Crippen LogP contribution in [0.2, 0.25) is 0 Å². The van der Waals surface area contributed by atoms with Crippen LogP contribution in [0.4, 0.5) is 17.1 Å². The zero-order chi connectivity index (χ0) is 49.7. The van der Waals surface area contributed by atoms with Crippen LogP contribution in [0.5, 0.6) is 0 Å². The Hall–Kier alpha value is -9.76. The molecule has 0 radical (unpaired) electrons. The van der Waals surface area contributed by atoms with Gasteiger partial charge in [-0.2, -0.15) is 0 Å². The zero-order valence-electron chi connectivity index (χ0n) is 41.5. The average Bonchev–Trinajstić information content (AvgIpc) is 4.13. The van der Waals surface area contributed by atoms with Crippen molar-refractivity contribution in [2.45, 2.75) is 10.8 Å². The van der Waals surface area contributed by atoms with E-state index in [1.54, 1.807) is 0 Å². The van der Waals surface area contributed by atoms with Gasteiger partial charge in [0.15, 0.2) is 0 Å². The third kappa shape index (κ3) is 5.20. The van der Waals surface area contributed by atoms with Crippen molar-refractivity contribution in [3.05, 3.63) is 324 Å². The molecule has 13 aromatic carbocycles. The Labute approximate surface area is 440 Å². The third-order valence-electron chi connectivity index (χ3n) is 17.6. The van der Waals surface area contributed by atoms with Gasteiger partial charge in [-0.25, -0.2) is 0 Å². The standard InChI is InChI=1S/C74H46N2/c1-3-23-48(24-4-1)73(49-25-5-2-6-26-49)62-37-17-14-34-60(62)71-58-33-12-11-31-56(58)70(46-66(71)73)75(69-44-47-22-7-8-27-51(47)52-28-9-10-30-55(52)69)50-42-43-54-53-29-13-16-36-61(53)74(65(54)45-50)63-38-18-20-41-68(63)76-67-40-19-15-32-57(67)59-35-21-39-64(74)72(59)76/h1-46H. The Kier molecular flexibility index (Phi) is 8.44. The fourth-order valence-corrected chi connectivity index (χ4v) is 14.8. The first kappa shape index (κ1) is 41.7. The van der Waals surface area contributed by atoms with Crippen LogP contribution >= 0.6 is 0 Å². The summed E-state index contributed by atoms with van der Waals surface area (Å²) in [5.41, 5.74) is 21.2. The summed E-state index contributed by atoms with van der Waals surface area (Å²) >= 11 is 0. The second-order valence-corrected chi connectivity index (χ2v) is 21.0. The summed E-state index contributed by atoms with van der Waals surface area (Å²) in [6, 6.07) is 106. The highest BCUT2D eigenvalue weighted by Gasteiger charge is 2.52. The van der Waals surface area contributed by atoms with Crippen LogP contribution in [0.25, 0.3) is 82.1 Å². The van der Waals surface area contributed by atoms with Crippen molar-refractivity contribution in [3.8, 4) is 27.9 Å². The quantitative estimate of drug-likeness (QED) is 0.156. The van der Waals surface area contributed by atoms with E-state index in [2.05, 4.69) is 289 Å². The topological polar surface area (TPSA) is 8.17 Å². The molecule has 14 aromatic rings. The first-order valence-corrected chi connectivity index (χ1v) is 26.6. The van der Waals surface area contributed by atoms with E-state index in [4.69, 9.17) is 0 Å². The van der Waals surface area contributed by atoms with Crippen molar-refractivity contribution >= 4 is 71.2 Å². The smallest absolute Gasteiger partial charge is 0.0755 e.